The predicted octanol–water partition coefficient (Wildman–Crippen LogP) is 1.47. The van der Waals surface area contributed by atoms with Gasteiger partial charge in [-0.15, -0.1) is 0 Å². The van der Waals surface area contributed by atoms with Crippen LogP contribution in [0.15, 0.2) is 18.2 Å². The molecule has 0 unspecified atom stereocenters. The van der Waals surface area contributed by atoms with Gasteiger partial charge in [-0.1, -0.05) is 6.07 Å². The van der Waals surface area contributed by atoms with Crippen molar-refractivity contribution in [3.8, 4) is 5.75 Å². The van der Waals surface area contributed by atoms with E-state index in [2.05, 4.69) is 16.8 Å². The molecule has 1 fully saturated rings. The number of piperazine rings is 1. The molecule has 0 aliphatic carbocycles. The Morgan fingerprint density at radius 1 is 1.30 bits per heavy atom. The molecule has 2 N–H and O–H groups in total. The van der Waals surface area contributed by atoms with Crippen molar-refractivity contribution in [3.63, 3.8) is 0 Å². The number of hydrogen-bond acceptors (Lipinski definition) is 4. The number of halogens is 1. The van der Waals surface area contributed by atoms with Gasteiger partial charge in [-0.25, -0.2) is 4.39 Å². The van der Waals surface area contributed by atoms with Crippen molar-refractivity contribution in [2.24, 2.45) is 5.73 Å². The van der Waals surface area contributed by atoms with Crippen LogP contribution >= 0.6 is 0 Å². The second-order valence-corrected chi connectivity index (χ2v) is 5.47. The van der Waals surface area contributed by atoms with Crippen LogP contribution in [-0.2, 0) is 0 Å². The third-order valence-electron chi connectivity index (χ3n) is 3.73. The number of nitrogens with zero attached hydrogens (tertiary/aromatic N) is 2. The Labute approximate surface area is 120 Å². The van der Waals surface area contributed by atoms with E-state index < -0.39 is 0 Å². The summed E-state index contributed by atoms with van der Waals surface area (Å²) in [5, 5.41) is 0. The molecule has 1 aliphatic rings. The molecule has 0 saturated carbocycles. The molecular weight excluding hydrogens is 257 g/mol. The third-order valence-corrected chi connectivity index (χ3v) is 3.73. The number of likely N-dealkylation sites (N-methyl/N-ethyl adjacent to an activating group) is 1. The van der Waals surface area contributed by atoms with Crippen LogP contribution in [0.2, 0.25) is 0 Å². The lowest BCUT2D eigenvalue weighted by Gasteiger charge is -2.32. The van der Waals surface area contributed by atoms with Crippen molar-refractivity contribution < 1.29 is 9.13 Å². The summed E-state index contributed by atoms with van der Waals surface area (Å²) in [5.41, 5.74) is 6.21. The largest absolute Gasteiger partial charge is 0.492 e. The second kappa shape index (κ2) is 7.02. The van der Waals surface area contributed by atoms with Gasteiger partial charge < -0.3 is 15.4 Å². The van der Waals surface area contributed by atoms with E-state index >= 15 is 0 Å². The zero-order chi connectivity index (χ0) is 14.5. The molecule has 5 heteroatoms. The summed E-state index contributed by atoms with van der Waals surface area (Å²) >= 11 is 0. The van der Waals surface area contributed by atoms with Gasteiger partial charge >= 0.3 is 0 Å². The van der Waals surface area contributed by atoms with Gasteiger partial charge in [0.05, 0.1) is 0 Å². The first-order valence-electron chi connectivity index (χ1n) is 7.15. The van der Waals surface area contributed by atoms with Gasteiger partial charge in [-0.2, -0.15) is 0 Å². The molecule has 0 amide bonds. The minimum Gasteiger partial charge on any atom is -0.492 e. The Hall–Kier alpha value is -1.17. The summed E-state index contributed by atoms with van der Waals surface area (Å²) in [5.74, 6) is 0.276. The van der Waals surface area contributed by atoms with Gasteiger partial charge in [0.1, 0.15) is 18.2 Å². The number of benzene rings is 1. The molecule has 1 atom stereocenters. The minimum absolute atomic E-state index is 0.294. The summed E-state index contributed by atoms with van der Waals surface area (Å²) in [6, 6.07) is 4.61. The molecule has 0 bridgehead atoms. The predicted molar refractivity (Wildman–Crippen MR) is 78.4 cm³/mol. The molecule has 1 aromatic rings. The van der Waals surface area contributed by atoms with E-state index in [1.54, 1.807) is 19.1 Å². The lowest BCUT2D eigenvalue weighted by Crippen LogP contribution is -2.45. The van der Waals surface area contributed by atoms with Gasteiger partial charge in [0.25, 0.3) is 0 Å². The number of rotatable bonds is 5. The zero-order valence-electron chi connectivity index (χ0n) is 12.3. The molecule has 1 aromatic carbocycles. The normalized spacial score (nSPS) is 19.0. The van der Waals surface area contributed by atoms with Crippen LogP contribution in [0.25, 0.3) is 0 Å². The van der Waals surface area contributed by atoms with Crippen molar-refractivity contribution in [1.29, 1.82) is 0 Å². The van der Waals surface area contributed by atoms with Crippen molar-refractivity contribution in [1.82, 2.24) is 9.80 Å². The Morgan fingerprint density at radius 3 is 2.60 bits per heavy atom. The highest BCUT2D eigenvalue weighted by Crippen LogP contribution is 2.20. The Balaban J connectivity index is 1.78. The molecule has 20 heavy (non-hydrogen) atoms. The highest BCUT2D eigenvalue weighted by molar-refractivity contribution is 5.30. The summed E-state index contributed by atoms with van der Waals surface area (Å²) < 4.78 is 19.4. The highest BCUT2D eigenvalue weighted by atomic mass is 19.1. The quantitative estimate of drug-likeness (QED) is 0.887. The summed E-state index contributed by atoms with van der Waals surface area (Å²) in [6.07, 6.45) is 0. The first-order valence-corrected chi connectivity index (χ1v) is 7.15. The maximum absolute atomic E-state index is 13.7. The summed E-state index contributed by atoms with van der Waals surface area (Å²) in [7, 11) is 2.14. The fourth-order valence-corrected chi connectivity index (χ4v) is 2.33. The topological polar surface area (TPSA) is 41.7 Å². The van der Waals surface area contributed by atoms with Crippen molar-refractivity contribution in [2.45, 2.75) is 13.0 Å². The van der Waals surface area contributed by atoms with Crippen LogP contribution in [0.5, 0.6) is 5.75 Å². The van der Waals surface area contributed by atoms with Crippen LogP contribution in [0.4, 0.5) is 4.39 Å². The number of hydrogen-bond donors (Lipinski definition) is 1. The van der Waals surface area contributed by atoms with E-state index in [0.29, 0.717) is 17.9 Å². The number of ether oxygens (including phenoxy) is 1. The Morgan fingerprint density at radius 2 is 2.00 bits per heavy atom. The molecule has 0 spiro atoms. The maximum atomic E-state index is 13.7. The average molecular weight is 281 g/mol. The van der Waals surface area contributed by atoms with Crippen LogP contribution in [0, 0.1) is 5.82 Å². The van der Waals surface area contributed by atoms with Crippen molar-refractivity contribution in [2.75, 3.05) is 46.4 Å². The van der Waals surface area contributed by atoms with E-state index in [0.717, 1.165) is 32.7 Å². The standard InChI is InChI=1S/C15H24FN3O/c1-12(17)14-4-3-13(11-15(14)16)20-10-9-19-7-5-18(2)6-8-19/h3-4,11-12H,5-10,17H2,1-2H3/t12-/m1/s1. The third kappa shape index (κ3) is 4.16. The maximum Gasteiger partial charge on any atom is 0.131 e. The van der Waals surface area contributed by atoms with Gasteiger partial charge in [0, 0.05) is 50.4 Å². The van der Waals surface area contributed by atoms with E-state index in [9.17, 15) is 4.39 Å². The lowest BCUT2D eigenvalue weighted by molar-refractivity contribution is 0.133. The smallest absolute Gasteiger partial charge is 0.131 e. The fourth-order valence-electron chi connectivity index (χ4n) is 2.33. The van der Waals surface area contributed by atoms with Gasteiger partial charge in [-0.3, -0.25) is 4.90 Å². The molecule has 1 aliphatic heterocycles. The molecule has 112 valence electrons. The zero-order valence-corrected chi connectivity index (χ0v) is 12.3. The van der Waals surface area contributed by atoms with E-state index in [-0.39, 0.29) is 11.9 Å². The van der Waals surface area contributed by atoms with E-state index in [4.69, 9.17) is 10.5 Å². The second-order valence-electron chi connectivity index (χ2n) is 5.47. The Bertz CT molecular complexity index is 431. The van der Waals surface area contributed by atoms with Gasteiger partial charge in [-0.05, 0) is 20.0 Å². The van der Waals surface area contributed by atoms with Crippen LogP contribution < -0.4 is 10.5 Å². The minimum atomic E-state index is -0.297. The summed E-state index contributed by atoms with van der Waals surface area (Å²) in [6.45, 7) is 7.56. The van der Waals surface area contributed by atoms with Gasteiger partial charge in [0.15, 0.2) is 0 Å². The van der Waals surface area contributed by atoms with Crippen LogP contribution in [-0.4, -0.2) is 56.2 Å². The van der Waals surface area contributed by atoms with E-state index in [1.807, 2.05) is 0 Å². The molecular formula is C15H24FN3O. The Kier molecular flexibility index (Phi) is 5.34. The first kappa shape index (κ1) is 15.2. The molecule has 4 nitrogen and oxygen atoms in total. The van der Waals surface area contributed by atoms with Gasteiger partial charge in [0.2, 0.25) is 0 Å². The van der Waals surface area contributed by atoms with E-state index in [1.165, 1.54) is 6.07 Å². The van der Waals surface area contributed by atoms with Crippen LogP contribution in [0.3, 0.4) is 0 Å². The van der Waals surface area contributed by atoms with Crippen molar-refractivity contribution >= 4 is 0 Å². The van der Waals surface area contributed by atoms with Crippen LogP contribution in [0.1, 0.15) is 18.5 Å². The first-order chi connectivity index (χ1) is 9.56. The van der Waals surface area contributed by atoms with Crippen molar-refractivity contribution in [3.05, 3.63) is 29.6 Å². The molecule has 0 radical (unpaired) electrons. The highest BCUT2D eigenvalue weighted by Gasteiger charge is 2.13. The fraction of sp³-hybridized carbons (Fsp3) is 0.600. The monoisotopic (exact) mass is 281 g/mol. The molecule has 2 rings (SSSR count). The lowest BCUT2D eigenvalue weighted by atomic mass is 10.1. The average Bonchev–Trinajstić information content (AvgIpc) is 2.41. The molecule has 0 aromatic heterocycles. The molecule has 1 saturated heterocycles. The molecule has 1 heterocycles. The SMILES string of the molecule is C[C@@H](N)c1ccc(OCCN2CCN(C)CC2)cc1F. The summed E-state index contributed by atoms with van der Waals surface area (Å²) in [4.78, 5) is 4.69. The number of nitrogens with two attached hydrogens (primary N) is 1.